The van der Waals surface area contributed by atoms with Gasteiger partial charge in [0.15, 0.2) is 0 Å². The molecule has 1 aliphatic carbocycles. The molecular formula is C25H36. The number of hydrogen-bond acceptors (Lipinski definition) is 0. The van der Waals surface area contributed by atoms with Gasteiger partial charge in [-0.3, -0.25) is 0 Å². The van der Waals surface area contributed by atoms with Crippen molar-refractivity contribution in [1.29, 1.82) is 0 Å². The minimum atomic E-state index is 0.219. The van der Waals surface area contributed by atoms with Crippen LogP contribution in [0, 0.1) is 10.8 Å². The lowest BCUT2D eigenvalue weighted by molar-refractivity contribution is 0.225. The zero-order valence-electron chi connectivity index (χ0n) is 17.6. The first-order chi connectivity index (χ1) is 11.4. The number of rotatable bonds is 4. The molecule has 0 nitrogen and oxygen atoms in total. The maximum absolute atomic E-state index is 4.46. The molecule has 0 heteroatoms. The summed E-state index contributed by atoms with van der Waals surface area (Å²) in [6.07, 6.45) is 8.62. The monoisotopic (exact) mass is 336 g/mol. The van der Waals surface area contributed by atoms with E-state index in [4.69, 9.17) is 0 Å². The summed E-state index contributed by atoms with van der Waals surface area (Å²) < 4.78 is 0. The van der Waals surface area contributed by atoms with Gasteiger partial charge in [0.2, 0.25) is 0 Å². The van der Waals surface area contributed by atoms with Crippen molar-refractivity contribution in [2.45, 2.75) is 73.6 Å². The van der Waals surface area contributed by atoms with Crippen molar-refractivity contribution in [3.8, 4) is 0 Å². The van der Waals surface area contributed by atoms with Crippen LogP contribution in [-0.4, -0.2) is 0 Å². The molecule has 0 atom stereocenters. The summed E-state index contributed by atoms with van der Waals surface area (Å²) in [4.78, 5) is 0. The molecule has 1 aliphatic rings. The van der Waals surface area contributed by atoms with E-state index in [0.717, 1.165) is 12.8 Å². The third-order valence-electron chi connectivity index (χ3n) is 6.05. The smallest absolute Gasteiger partial charge is 0.00465 e. The van der Waals surface area contributed by atoms with Gasteiger partial charge in [-0.25, -0.2) is 0 Å². The minimum absolute atomic E-state index is 0.219. The quantitative estimate of drug-likeness (QED) is 0.499. The minimum Gasteiger partial charge on any atom is -0.0909 e. The first kappa shape index (κ1) is 19.8. The van der Waals surface area contributed by atoms with E-state index in [1.54, 1.807) is 0 Å². The SMILES string of the molecule is C=C(/C(=C\C=C/C)CC(C)(C)C)c1ccc2c(c1)CC(C)(C)C2(C)C. The number of benzene rings is 1. The van der Waals surface area contributed by atoms with E-state index >= 15 is 0 Å². The van der Waals surface area contributed by atoms with Gasteiger partial charge in [0.1, 0.15) is 0 Å². The fourth-order valence-electron chi connectivity index (χ4n) is 3.83. The highest BCUT2D eigenvalue weighted by molar-refractivity contribution is 5.78. The van der Waals surface area contributed by atoms with Crippen molar-refractivity contribution in [2.24, 2.45) is 10.8 Å². The standard InChI is InChI=1S/C25H36/c1-10-11-12-20(16-23(3,4)5)18(2)19-13-14-22-21(15-19)17-24(6,7)25(22,8)9/h10-15H,2,16-17H2,1,3-9H3/b11-10-,20-12-. The lowest BCUT2D eigenvalue weighted by Gasteiger charge is -2.35. The lowest BCUT2D eigenvalue weighted by atomic mass is 9.69. The van der Waals surface area contributed by atoms with E-state index in [9.17, 15) is 0 Å². The third-order valence-corrected chi connectivity index (χ3v) is 6.05. The van der Waals surface area contributed by atoms with Crippen LogP contribution in [0.4, 0.5) is 0 Å². The molecule has 0 amide bonds. The molecule has 0 N–H and O–H groups in total. The van der Waals surface area contributed by atoms with E-state index in [1.165, 1.54) is 27.8 Å². The normalized spacial score (nSPS) is 19.3. The Morgan fingerprint density at radius 2 is 1.80 bits per heavy atom. The van der Waals surface area contributed by atoms with Crippen LogP contribution in [-0.2, 0) is 11.8 Å². The number of allylic oxidation sites excluding steroid dienone is 5. The second kappa shape index (κ2) is 6.63. The molecule has 0 bridgehead atoms. The van der Waals surface area contributed by atoms with Gasteiger partial charge in [-0.1, -0.05) is 91.5 Å². The molecule has 1 aromatic rings. The molecule has 0 aromatic heterocycles. The summed E-state index contributed by atoms with van der Waals surface area (Å²) in [5.41, 5.74) is 7.53. The van der Waals surface area contributed by atoms with Crippen LogP contribution in [0.3, 0.4) is 0 Å². The van der Waals surface area contributed by atoms with Gasteiger partial charge in [0.25, 0.3) is 0 Å². The molecule has 0 saturated carbocycles. The molecule has 2 rings (SSSR count). The molecule has 0 aliphatic heterocycles. The first-order valence-electron chi connectivity index (χ1n) is 9.54. The van der Waals surface area contributed by atoms with Crippen LogP contribution in [0.15, 0.2) is 48.6 Å². The summed E-state index contributed by atoms with van der Waals surface area (Å²) in [5.74, 6) is 0. The van der Waals surface area contributed by atoms with Crippen molar-refractivity contribution < 1.29 is 0 Å². The third kappa shape index (κ3) is 4.00. The molecule has 0 saturated heterocycles. The molecule has 0 spiro atoms. The van der Waals surface area contributed by atoms with Gasteiger partial charge >= 0.3 is 0 Å². The van der Waals surface area contributed by atoms with Crippen LogP contribution in [0.2, 0.25) is 0 Å². The van der Waals surface area contributed by atoms with E-state index in [0.29, 0.717) is 5.41 Å². The Morgan fingerprint density at radius 1 is 1.16 bits per heavy atom. The Hall–Kier alpha value is -1.56. The highest BCUT2D eigenvalue weighted by Crippen LogP contribution is 2.51. The van der Waals surface area contributed by atoms with Crippen LogP contribution < -0.4 is 0 Å². The van der Waals surface area contributed by atoms with Crippen molar-refractivity contribution >= 4 is 5.57 Å². The van der Waals surface area contributed by atoms with Crippen molar-refractivity contribution in [3.63, 3.8) is 0 Å². The Labute approximate surface area is 155 Å². The molecule has 136 valence electrons. The van der Waals surface area contributed by atoms with Gasteiger partial charge in [0.05, 0.1) is 0 Å². The van der Waals surface area contributed by atoms with Crippen molar-refractivity contribution in [2.75, 3.05) is 0 Å². The Kier molecular flexibility index (Phi) is 5.24. The zero-order valence-corrected chi connectivity index (χ0v) is 17.6. The first-order valence-corrected chi connectivity index (χ1v) is 9.54. The van der Waals surface area contributed by atoms with Gasteiger partial charge in [-0.15, -0.1) is 0 Å². The average molecular weight is 337 g/mol. The second-order valence-corrected chi connectivity index (χ2v) is 9.99. The van der Waals surface area contributed by atoms with Crippen LogP contribution in [0.5, 0.6) is 0 Å². The number of hydrogen-bond donors (Lipinski definition) is 0. The molecule has 1 aromatic carbocycles. The van der Waals surface area contributed by atoms with Gasteiger partial charge in [-0.05, 0) is 63.8 Å². The highest BCUT2D eigenvalue weighted by Gasteiger charge is 2.45. The molecule has 0 heterocycles. The molecule has 25 heavy (non-hydrogen) atoms. The van der Waals surface area contributed by atoms with Gasteiger partial charge < -0.3 is 0 Å². The van der Waals surface area contributed by atoms with E-state index < -0.39 is 0 Å². The molecular weight excluding hydrogens is 300 g/mol. The zero-order chi connectivity index (χ0) is 19.0. The Morgan fingerprint density at radius 3 is 2.36 bits per heavy atom. The predicted octanol–water partition coefficient (Wildman–Crippen LogP) is 7.50. The summed E-state index contributed by atoms with van der Waals surface area (Å²) in [6, 6.07) is 7.01. The second-order valence-electron chi connectivity index (χ2n) is 9.99. The van der Waals surface area contributed by atoms with Crippen molar-refractivity contribution in [1.82, 2.24) is 0 Å². The maximum atomic E-state index is 4.46. The number of fused-ring (bicyclic) bond motifs is 1. The molecule has 0 fully saturated rings. The predicted molar refractivity (Wildman–Crippen MR) is 113 cm³/mol. The van der Waals surface area contributed by atoms with Crippen molar-refractivity contribution in [3.05, 3.63) is 65.3 Å². The van der Waals surface area contributed by atoms with Gasteiger partial charge in [0, 0.05) is 0 Å². The Bertz CT molecular complexity index is 715. The topological polar surface area (TPSA) is 0 Å². The summed E-state index contributed by atoms with van der Waals surface area (Å²) in [5, 5.41) is 0. The fraction of sp³-hybridized carbons (Fsp3) is 0.520. The molecule has 0 radical (unpaired) electrons. The van der Waals surface area contributed by atoms with Crippen LogP contribution in [0.25, 0.3) is 5.57 Å². The van der Waals surface area contributed by atoms with Crippen LogP contribution in [0.1, 0.15) is 78.5 Å². The highest BCUT2D eigenvalue weighted by atomic mass is 14.5. The van der Waals surface area contributed by atoms with E-state index in [1.807, 2.05) is 0 Å². The lowest BCUT2D eigenvalue weighted by Crippen LogP contribution is -2.32. The average Bonchev–Trinajstić information content (AvgIpc) is 2.66. The summed E-state index contributed by atoms with van der Waals surface area (Å²) in [6.45, 7) is 22.9. The summed E-state index contributed by atoms with van der Waals surface area (Å²) in [7, 11) is 0. The van der Waals surface area contributed by atoms with Gasteiger partial charge in [-0.2, -0.15) is 0 Å². The Balaban J connectivity index is 2.41. The maximum Gasteiger partial charge on any atom is -0.00465 e. The van der Waals surface area contributed by atoms with Crippen LogP contribution >= 0.6 is 0 Å². The molecule has 0 unspecified atom stereocenters. The summed E-state index contributed by atoms with van der Waals surface area (Å²) >= 11 is 0. The van der Waals surface area contributed by atoms with E-state index in [2.05, 4.69) is 98.4 Å². The largest absolute Gasteiger partial charge is 0.0909 e. The fourth-order valence-corrected chi connectivity index (χ4v) is 3.83. The van der Waals surface area contributed by atoms with E-state index in [-0.39, 0.29) is 10.8 Å².